The molecule has 0 saturated carbocycles. The fourth-order valence-corrected chi connectivity index (χ4v) is 1.78. The lowest BCUT2D eigenvalue weighted by molar-refractivity contribution is -0.137. The molecular formula is C16H14F3N3. The Morgan fingerprint density at radius 2 is 1.64 bits per heavy atom. The van der Waals surface area contributed by atoms with Gasteiger partial charge in [-0.25, -0.2) is 0 Å². The molecule has 0 saturated heterocycles. The van der Waals surface area contributed by atoms with Gasteiger partial charge in [-0.2, -0.15) is 18.3 Å². The summed E-state index contributed by atoms with van der Waals surface area (Å²) < 4.78 is 38.3. The maximum Gasteiger partial charge on any atom is 0.417 e. The predicted octanol–water partition coefficient (Wildman–Crippen LogP) is 3.86. The standard InChI is InChI=1S/C16H14F3N3/c17-16(18,19)15-9-5-4-8-14(15)11-21-22-12-20-10-13-6-2-1-3-7-13/h1-9,11-12H,10H2,(H,20,22)/b21-11+. The van der Waals surface area contributed by atoms with Crippen molar-refractivity contribution >= 4 is 12.6 Å². The van der Waals surface area contributed by atoms with E-state index in [2.05, 4.69) is 15.5 Å². The summed E-state index contributed by atoms with van der Waals surface area (Å²) in [6.45, 7) is 0.475. The first-order valence-electron chi connectivity index (χ1n) is 6.54. The minimum atomic E-state index is -4.40. The second kappa shape index (κ2) is 7.40. The summed E-state index contributed by atoms with van der Waals surface area (Å²) in [5, 5.41) is 3.72. The third kappa shape index (κ3) is 4.73. The second-order valence-electron chi connectivity index (χ2n) is 4.43. The average Bonchev–Trinajstić information content (AvgIpc) is 2.51. The van der Waals surface area contributed by atoms with Crippen LogP contribution in [0, 0.1) is 0 Å². The molecular weight excluding hydrogens is 291 g/mol. The minimum absolute atomic E-state index is 0.000964. The molecule has 114 valence electrons. The van der Waals surface area contributed by atoms with Gasteiger partial charge in [0.05, 0.1) is 18.3 Å². The van der Waals surface area contributed by atoms with Gasteiger partial charge in [0.2, 0.25) is 0 Å². The molecule has 0 bridgehead atoms. The van der Waals surface area contributed by atoms with Crippen molar-refractivity contribution < 1.29 is 13.2 Å². The maximum absolute atomic E-state index is 12.8. The van der Waals surface area contributed by atoms with Crippen molar-refractivity contribution in [3.8, 4) is 0 Å². The SMILES string of the molecule is FC(F)(F)c1ccccc1/C=N/NC=NCc1ccccc1. The Bertz CT molecular complexity index is 649. The number of hydrogen-bond donors (Lipinski definition) is 1. The van der Waals surface area contributed by atoms with Gasteiger partial charge in [-0.15, -0.1) is 0 Å². The second-order valence-corrected chi connectivity index (χ2v) is 4.43. The summed E-state index contributed by atoms with van der Waals surface area (Å²) in [4.78, 5) is 4.07. The van der Waals surface area contributed by atoms with E-state index in [4.69, 9.17) is 0 Å². The molecule has 2 rings (SSSR count). The molecule has 0 radical (unpaired) electrons. The van der Waals surface area contributed by atoms with E-state index in [1.54, 1.807) is 0 Å². The van der Waals surface area contributed by atoms with E-state index in [9.17, 15) is 13.2 Å². The first-order valence-corrected chi connectivity index (χ1v) is 6.54. The summed E-state index contributed by atoms with van der Waals surface area (Å²) in [6, 6.07) is 14.8. The molecule has 2 aromatic rings. The lowest BCUT2D eigenvalue weighted by Gasteiger charge is -2.08. The lowest BCUT2D eigenvalue weighted by atomic mass is 10.1. The molecule has 2 aromatic carbocycles. The summed E-state index contributed by atoms with van der Waals surface area (Å²) in [5.74, 6) is 0. The largest absolute Gasteiger partial charge is 0.417 e. The van der Waals surface area contributed by atoms with Crippen molar-refractivity contribution in [3.63, 3.8) is 0 Å². The van der Waals surface area contributed by atoms with Crippen LogP contribution in [0.15, 0.2) is 64.7 Å². The monoisotopic (exact) mass is 305 g/mol. The van der Waals surface area contributed by atoms with Crippen molar-refractivity contribution in [1.29, 1.82) is 0 Å². The summed E-state index contributed by atoms with van der Waals surface area (Å²) in [6.07, 6.45) is -1.93. The van der Waals surface area contributed by atoms with Crippen molar-refractivity contribution in [3.05, 3.63) is 71.3 Å². The van der Waals surface area contributed by atoms with Crippen LogP contribution in [0.4, 0.5) is 13.2 Å². The van der Waals surface area contributed by atoms with E-state index in [0.29, 0.717) is 6.54 Å². The molecule has 22 heavy (non-hydrogen) atoms. The number of aliphatic imine (C=N–C) groups is 1. The van der Waals surface area contributed by atoms with Crippen LogP contribution in [0.5, 0.6) is 0 Å². The number of nitrogens with zero attached hydrogens (tertiary/aromatic N) is 2. The molecule has 0 heterocycles. The van der Waals surface area contributed by atoms with E-state index >= 15 is 0 Å². The van der Waals surface area contributed by atoms with Gasteiger partial charge in [-0.1, -0.05) is 48.5 Å². The fourth-order valence-electron chi connectivity index (χ4n) is 1.78. The number of halogens is 3. The van der Waals surface area contributed by atoms with Crippen molar-refractivity contribution in [2.45, 2.75) is 12.7 Å². The van der Waals surface area contributed by atoms with Gasteiger partial charge in [0, 0.05) is 5.56 Å². The summed E-state index contributed by atoms with van der Waals surface area (Å²) in [5.41, 5.74) is 2.81. The fraction of sp³-hybridized carbons (Fsp3) is 0.125. The maximum atomic E-state index is 12.8. The van der Waals surface area contributed by atoms with Crippen LogP contribution in [-0.4, -0.2) is 12.6 Å². The number of hydrogen-bond acceptors (Lipinski definition) is 2. The highest BCUT2D eigenvalue weighted by molar-refractivity contribution is 5.82. The Labute approximate surface area is 126 Å². The third-order valence-electron chi connectivity index (χ3n) is 2.81. The zero-order valence-electron chi connectivity index (χ0n) is 11.6. The molecule has 0 atom stereocenters. The van der Waals surface area contributed by atoms with E-state index in [0.717, 1.165) is 17.8 Å². The Balaban J connectivity index is 1.91. The number of alkyl halides is 3. The van der Waals surface area contributed by atoms with Gasteiger partial charge >= 0.3 is 6.18 Å². The molecule has 0 aromatic heterocycles. The third-order valence-corrected chi connectivity index (χ3v) is 2.81. The van der Waals surface area contributed by atoms with Crippen LogP contribution >= 0.6 is 0 Å². The van der Waals surface area contributed by atoms with Gasteiger partial charge in [0.15, 0.2) is 0 Å². The van der Waals surface area contributed by atoms with Crippen LogP contribution in [-0.2, 0) is 12.7 Å². The molecule has 0 unspecified atom stereocenters. The average molecular weight is 305 g/mol. The number of benzene rings is 2. The molecule has 3 nitrogen and oxygen atoms in total. The molecule has 0 amide bonds. The Morgan fingerprint density at radius 3 is 2.36 bits per heavy atom. The van der Waals surface area contributed by atoms with E-state index in [1.807, 2.05) is 30.3 Å². The lowest BCUT2D eigenvalue weighted by Crippen LogP contribution is -2.10. The Kier molecular flexibility index (Phi) is 5.30. The van der Waals surface area contributed by atoms with Gasteiger partial charge in [-0.05, 0) is 11.6 Å². The van der Waals surface area contributed by atoms with Crippen LogP contribution < -0.4 is 5.43 Å². The zero-order valence-corrected chi connectivity index (χ0v) is 11.6. The van der Waals surface area contributed by atoms with E-state index in [1.165, 1.54) is 24.5 Å². The summed E-state index contributed by atoms with van der Waals surface area (Å²) in [7, 11) is 0. The van der Waals surface area contributed by atoms with Crippen LogP contribution in [0.2, 0.25) is 0 Å². The summed E-state index contributed by atoms with van der Waals surface area (Å²) >= 11 is 0. The minimum Gasteiger partial charge on any atom is -0.269 e. The number of hydrazone groups is 1. The van der Waals surface area contributed by atoms with Gasteiger partial charge < -0.3 is 0 Å². The first-order chi connectivity index (χ1) is 10.6. The molecule has 0 aliphatic carbocycles. The molecule has 0 aliphatic rings. The van der Waals surface area contributed by atoms with E-state index < -0.39 is 11.7 Å². The Hall–Kier alpha value is -2.63. The molecule has 1 N–H and O–H groups in total. The molecule has 0 fully saturated rings. The number of rotatable bonds is 5. The highest BCUT2D eigenvalue weighted by Gasteiger charge is 2.32. The smallest absolute Gasteiger partial charge is 0.269 e. The highest BCUT2D eigenvalue weighted by Crippen LogP contribution is 2.30. The van der Waals surface area contributed by atoms with Gasteiger partial charge in [-0.3, -0.25) is 10.4 Å². The van der Waals surface area contributed by atoms with Crippen LogP contribution in [0.25, 0.3) is 0 Å². The van der Waals surface area contributed by atoms with Gasteiger partial charge in [0.25, 0.3) is 0 Å². The van der Waals surface area contributed by atoms with Crippen molar-refractivity contribution in [2.75, 3.05) is 0 Å². The topological polar surface area (TPSA) is 36.8 Å². The predicted molar refractivity (Wildman–Crippen MR) is 80.8 cm³/mol. The normalized spacial score (nSPS) is 12.1. The van der Waals surface area contributed by atoms with Crippen LogP contribution in [0.1, 0.15) is 16.7 Å². The highest BCUT2D eigenvalue weighted by atomic mass is 19.4. The Morgan fingerprint density at radius 1 is 0.955 bits per heavy atom. The van der Waals surface area contributed by atoms with Crippen LogP contribution in [0.3, 0.4) is 0 Å². The van der Waals surface area contributed by atoms with E-state index in [-0.39, 0.29) is 5.56 Å². The molecule has 6 heteroatoms. The first kappa shape index (κ1) is 15.8. The zero-order chi connectivity index (χ0) is 15.8. The van der Waals surface area contributed by atoms with Crippen molar-refractivity contribution in [1.82, 2.24) is 5.43 Å². The molecule has 0 aliphatic heterocycles. The molecule has 0 spiro atoms. The van der Waals surface area contributed by atoms with Crippen molar-refractivity contribution in [2.24, 2.45) is 10.1 Å². The quantitative estimate of drug-likeness (QED) is 0.508. The number of nitrogens with one attached hydrogen (secondary N) is 1. The van der Waals surface area contributed by atoms with Gasteiger partial charge in [0.1, 0.15) is 6.34 Å².